The van der Waals surface area contributed by atoms with Gasteiger partial charge in [-0.25, -0.2) is 0 Å². The number of hydrogen-bond donors (Lipinski definition) is 1. The van der Waals surface area contributed by atoms with Crippen molar-refractivity contribution < 1.29 is 9.47 Å². The molecule has 0 amide bonds. The Balaban J connectivity index is 0.00000324. The molecule has 1 aromatic rings. The molecule has 0 saturated carbocycles. The average molecular weight is 289 g/mol. The highest BCUT2D eigenvalue weighted by Gasteiger charge is 2.10. The third-order valence-electron chi connectivity index (χ3n) is 2.88. The lowest BCUT2D eigenvalue weighted by Gasteiger charge is -2.21. The summed E-state index contributed by atoms with van der Waals surface area (Å²) >= 11 is 0. The van der Waals surface area contributed by atoms with Crippen molar-refractivity contribution in [3.63, 3.8) is 0 Å². The molecular formula is C14H25ClN2O2. The first-order valence-electron chi connectivity index (χ1n) is 6.13. The van der Waals surface area contributed by atoms with E-state index in [4.69, 9.17) is 15.2 Å². The molecule has 1 rings (SSSR count). The number of likely N-dealkylation sites (N-methyl/N-ethyl adjacent to an activating group) is 1. The Hall–Kier alpha value is -0.970. The summed E-state index contributed by atoms with van der Waals surface area (Å²) in [6.07, 6.45) is 0. The fourth-order valence-corrected chi connectivity index (χ4v) is 2.04. The second-order valence-electron chi connectivity index (χ2n) is 4.81. The van der Waals surface area contributed by atoms with E-state index >= 15 is 0 Å². The maximum absolute atomic E-state index is 5.80. The second-order valence-corrected chi connectivity index (χ2v) is 4.81. The van der Waals surface area contributed by atoms with E-state index in [0.717, 1.165) is 24.6 Å². The van der Waals surface area contributed by atoms with Crippen molar-refractivity contribution in [2.24, 2.45) is 5.73 Å². The lowest BCUT2D eigenvalue weighted by molar-refractivity contribution is 0.307. The van der Waals surface area contributed by atoms with Crippen molar-refractivity contribution in [3.8, 4) is 11.5 Å². The van der Waals surface area contributed by atoms with Crippen LogP contribution in [-0.4, -0.2) is 38.8 Å². The van der Waals surface area contributed by atoms with Gasteiger partial charge in [0.1, 0.15) is 0 Å². The highest BCUT2D eigenvalue weighted by molar-refractivity contribution is 5.85. The van der Waals surface area contributed by atoms with Crippen molar-refractivity contribution in [2.45, 2.75) is 26.4 Å². The number of benzene rings is 1. The van der Waals surface area contributed by atoms with Crippen LogP contribution in [0.1, 0.15) is 18.1 Å². The van der Waals surface area contributed by atoms with E-state index in [2.05, 4.69) is 18.9 Å². The predicted octanol–water partition coefficient (Wildman–Crippen LogP) is 2.21. The van der Waals surface area contributed by atoms with Gasteiger partial charge in [0.25, 0.3) is 0 Å². The molecule has 1 atom stereocenters. The van der Waals surface area contributed by atoms with Crippen molar-refractivity contribution >= 4 is 12.4 Å². The molecule has 0 heterocycles. The van der Waals surface area contributed by atoms with Crippen molar-refractivity contribution in [3.05, 3.63) is 23.3 Å². The number of hydrogen-bond acceptors (Lipinski definition) is 4. The molecule has 4 nitrogen and oxygen atoms in total. The molecule has 19 heavy (non-hydrogen) atoms. The van der Waals surface area contributed by atoms with Gasteiger partial charge in [-0.1, -0.05) is 0 Å². The molecule has 5 heteroatoms. The van der Waals surface area contributed by atoms with Gasteiger partial charge in [-0.2, -0.15) is 0 Å². The maximum Gasteiger partial charge on any atom is 0.161 e. The number of nitrogens with zero attached hydrogens (tertiary/aromatic N) is 1. The molecule has 1 aromatic carbocycles. The number of rotatable bonds is 6. The van der Waals surface area contributed by atoms with Crippen LogP contribution in [0.2, 0.25) is 0 Å². The summed E-state index contributed by atoms with van der Waals surface area (Å²) in [7, 11) is 5.38. The van der Waals surface area contributed by atoms with E-state index in [1.807, 2.05) is 19.1 Å². The summed E-state index contributed by atoms with van der Waals surface area (Å²) in [6.45, 7) is 5.82. The topological polar surface area (TPSA) is 47.7 Å². The van der Waals surface area contributed by atoms with Crippen LogP contribution in [0.4, 0.5) is 0 Å². The number of aryl methyl sites for hydroxylation is 1. The molecule has 0 radical (unpaired) electrons. The van der Waals surface area contributed by atoms with Crippen molar-refractivity contribution in [2.75, 3.05) is 27.8 Å². The lowest BCUT2D eigenvalue weighted by atomic mass is 10.1. The fourth-order valence-electron chi connectivity index (χ4n) is 2.04. The molecule has 1 unspecified atom stereocenters. The zero-order chi connectivity index (χ0) is 13.7. The van der Waals surface area contributed by atoms with Crippen LogP contribution in [0.5, 0.6) is 11.5 Å². The molecule has 0 aliphatic carbocycles. The normalized spacial score (nSPS) is 11.9. The van der Waals surface area contributed by atoms with Gasteiger partial charge in [0.2, 0.25) is 0 Å². The van der Waals surface area contributed by atoms with E-state index in [9.17, 15) is 0 Å². The number of ether oxygens (including phenoxy) is 2. The molecule has 0 aromatic heterocycles. The third kappa shape index (κ3) is 5.27. The third-order valence-corrected chi connectivity index (χ3v) is 2.88. The number of methoxy groups -OCH3 is 2. The Bertz CT molecular complexity index is 397. The Morgan fingerprint density at radius 2 is 1.74 bits per heavy atom. The van der Waals surface area contributed by atoms with Gasteiger partial charge in [-0.05, 0) is 44.2 Å². The van der Waals surface area contributed by atoms with E-state index in [0.29, 0.717) is 0 Å². The Kier molecular flexibility index (Phi) is 7.83. The highest BCUT2D eigenvalue weighted by Crippen LogP contribution is 2.30. The van der Waals surface area contributed by atoms with E-state index in [-0.39, 0.29) is 18.4 Å². The van der Waals surface area contributed by atoms with Crippen LogP contribution in [0.25, 0.3) is 0 Å². The largest absolute Gasteiger partial charge is 0.493 e. The standard InChI is InChI=1S/C14H24N2O2.ClH/c1-10-6-13(17-4)14(18-5)7-12(10)9-16(3)8-11(2)15;/h6-7,11H,8-9,15H2,1-5H3;1H. The minimum atomic E-state index is 0. The molecule has 0 saturated heterocycles. The molecule has 0 spiro atoms. The van der Waals surface area contributed by atoms with Crippen molar-refractivity contribution in [1.82, 2.24) is 4.90 Å². The van der Waals surface area contributed by atoms with Crippen LogP contribution in [0, 0.1) is 6.92 Å². The van der Waals surface area contributed by atoms with Gasteiger partial charge in [0, 0.05) is 19.1 Å². The van der Waals surface area contributed by atoms with Gasteiger partial charge < -0.3 is 20.1 Å². The van der Waals surface area contributed by atoms with E-state index < -0.39 is 0 Å². The molecule has 0 fully saturated rings. The minimum absolute atomic E-state index is 0. The molecular weight excluding hydrogens is 264 g/mol. The summed E-state index contributed by atoms with van der Waals surface area (Å²) in [4.78, 5) is 2.21. The Morgan fingerprint density at radius 1 is 1.21 bits per heavy atom. The predicted molar refractivity (Wildman–Crippen MR) is 81.5 cm³/mol. The number of nitrogens with two attached hydrogens (primary N) is 1. The van der Waals surface area contributed by atoms with Crippen molar-refractivity contribution in [1.29, 1.82) is 0 Å². The summed E-state index contributed by atoms with van der Waals surface area (Å²) in [5, 5.41) is 0. The van der Waals surface area contributed by atoms with Gasteiger partial charge in [-0.15, -0.1) is 12.4 Å². The van der Waals surface area contributed by atoms with Gasteiger partial charge in [-0.3, -0.25) is 0 Å². The van der Waals surface area contributed by atoms with Gasteiger partial charge >= 0.3 is 0 Å². The molecule has 2 N–H and O–H groups in total. The lowest BCUT2D eigenvalue weighted by Crippen LogP contribution is -2.32. The fraction of sp³-hybridized carbons (Fsp3) is 0.571. The summed E-state index contributed by atoms with van der Waals surface area (Å²) in [5.41, 5.74) is 8.23. The molecule has 0 bridgehead atoms. The number of halogens is 1. The molecule has 0 aliphatic heterocycles. The van der Waals surface area contributed by atoms with Crippen LogP contribution in [0.15, 0.2) is 12.1 Å². The Labute approximate surface area is 122 Å². The van der Waals surface area contributed by atoms with E-state index in [1.165, 1.54) is 11.1 Å². The van der Waals surface area contributed by atoms with E-state index in [1.54, 1.807) is 14.2 Å². The molecule has 110 valence electrons. The summed E-state index contributed by atoms with van der Waals surface area (Å²) in [5.74, 6) is 1.54. The maximum atomic E-state index is 5.80. The van der Waals surface area contributed by atoms with Gasteiger partial charge in [0.15, 0.2) is 11.5 Å². The average Bonchev–Trinajstić information content (AvgIpc) is 2.30. The summed E-state index contributed by atoms with van der Waals surface area (Å²) < 4.78 is 10.6. The quantitative estimate of drug-likeness (QED) is 0.872. The second kappa shape index (κ2) is 8.25. The van der Waals surface area contributed by atoms with Gasteiger partial charge in [0.05, 0.1) is 14.2 Å². The highest BCUT2D eigenvalue weighted by atomic mass is 35.5. The Morgan fingerprint density at radius 3 is 2.21 bits per heavy atom. The zero-order valence-electron chi connectivity index (χ0n) is 12.4. The first-order chi connectivity index (χ1) is 8.47. The SMILES string of the molecule is COc1cc(C)c(CN(C)CC(C)N)cc1OC.Cl. The minimum Gasteiger partial charge on any atom is -0.493 e. The first kappa shape index (κ1) is 18.0. The zero-order valence-corrected chi connectivity index (χ0v) is 13.2. The van der Waals surface area contributed by atoms with Crippen LogP contribution < -0.4 is 15.2 Å². The monoisotopic (exact) mass is 288 g/mol. The van der Waals surface area contributed by atoms with Crippen LogP contribution in [0.3, 0.4) is 0 Å². The first-order valence-corrected chi connectivity index (χ1v) is 6.13. The van der Waals surface area contributed by atoms with Crippen LogP contribution in [-0.2, 0) is 6.54 Å². The smallest absolute Gasteiger partial charge is 0.161 e. The summed E-state index contributed by atoms with van der Waals surface area (Å²) in [6, 6.07) is 4.22. The molecule has 0 aliphatic rings. The van der Waals surface area contributed by atoms with Crippen LogP contribution >= 0.6 is 12.4 Å².